The van der Waals surface area contributed by atoms with Gasteiger partial charge in [-0.2, -0.15) is 0 Å². The van der Waals surface area contributed by atoms with Crippen LogP contribution in [0.4, 0.5) is 0 Å². The van der Waals surface area contributed by atoms with Gasteiger partial charge in [0, 0.05) is 30.4 Å². The monoisotopic (exact) mass is 308 g/mol. The van der Waals surface area contributed by atoms with Gasteiger partial charge in [0.1, 0.15) is 0 Å². The minimum atomic E-state index is 0.120. The molecule has 3 heteroatoms. The first-order valence-electron chi connectivity index (χ1n) is 8.49. The molecule has 1 aromatic carbocycles. The Labute approximate surface area is 138 Å². The van der Waals surface area contributed by atoms with E-state index in [0.29, 0.717) is 11.5 Å². The van der Waals surface area contributed by atoms with E-state index in [1.807, 2.05) is 25.1 Å². The summed E-state index contributed by atoms with van der Waals surface area (Å²) in [4.78, 5) is 19.2. The van der Waals surface area contributed by atoms with E-state index in [0.717, 1.165) is 31.5 Å². The number of amides is 1. The molecule has 1 aliphatic heterocycles. The lowest BCUT2D eigenvalue weighted by atomic mass is 9.87. The fourth-order valence-electron chi connectivity index (χ4n) is 3.65. The maximum Gasteiger partial charge on any atom is 0.255 e. The topological polar surface area (TPSA) is 33.2 Å². The second-order valence-corrected chi connectivity index (χ2v) is 6.32. The van der Waals surface area contributed by atoms with Crippen LogP contribution in [0.1, 0.15) is 53.7 Å². The minimum absolute atomic E-state index is 0.120. The second-order valence-electron chi connectivity index (χ2n) is 6.32. The van der Waals surface area contributed by atoms with E-state index in [2.05, 4.69) is 41.1 Å². The smallest absolute Gasteiger partial charge is 0.255 e. The third kappa shape index (κ3) is 3.29. The fourth-order valence-corrected chi connectivity index (χ4v) is 3.65. The number of hydrogen-bond acceptors (Lipinski definition) is 2. The summed E-state index contributed by atoms with van der Waals surface area (Å²) in [6, 6.07) is 14.7. The summed E-state index contributed by atoms with van der Waals surface area (Å²) in [5, 5.41) is 0. The number of nitrogens with zero attached hydrogens (tertiary/aromatic N) is 2. The van der Waals surface area contributed by atoms with Crippen LogP contribution in [0.3, 0.4) is 0 Å². The number of rotatable bonds is 4. The van der Waals surface area contributed by atoms with Gasteiger partial charge >= 0.3 is 0 Å². The summed E-state index contributed by atoms with van der Waals surface area (Å²) >= 11 is 0. The third-order valence-corrected chi connectivity index (χ3v) is 4.85. The summed E-state index contributed by atoms with van der Waals surface area (Å²) in [6.07, 6.45) is 4.92. The lowest BCUT2D eigenvalue weighted by molar-refractivity contribution is 0.0714. The number of hydrogen-bond donors (Lipinski definition) is 0. The molecule has 0 N–H and O–H groups in total. The summed E-state index contributed by atoms with van der Waals surface area (Å²) in [7, 11) is 0. The van der Waals surface area contributed by atoms with Gasteiger partial charge < -0.3 is 4.90 Å². The van der Waals surface area contributed by atoms with Gasteiger partial charge in [0.25, 0.3) is 5.91 Å². The van der Waals surface area contributed by atoms with Gasteiger partial charge in [0.15, 0.2) is 0 Å². The van der Waals surface area contributed by atoms with Crippen molar-refractivity contribution in [1.29, 1.82) is 0 Å². The van der Waals surface area contributed by atoms with E-state index in [-0.39, 0.29) is 11.9 Å². The molecule has 1 saturated heterocycles. The molecule has 1 aromatic heterocycles. The maximum atomic E-state index is 12.9. The Morgan fingerprint density at radius 1 is 1.26 bits per heavy atom. The molecular weight excluding hydrogens is 284 g/mol. The zero-order valence-electron chi connectivity index (χ0n) is 13.9. The summed E-state index contributed by atoms with van der Waals surface area (Å²) < 4.78 is 0. The van der Waals surface area contributed by atoms with Crippen LogP contribution in [0.15, 0.2) is 48.7 Å². The third-order valence-electron chi connectivity index (χ3n) is 4.85. The molecule has 2 heterocycles. The van der Waals surface area contributed by atoms with Gasteiger partial charge in [0.2, 0.25) is 0 Å². The van der Waals surface area contributed by atoms with E-state index < -0.39 is 0 Å². The van der Waals surface area contributed by atoms with Crippen LogP contribution in [0.5, 0.6) is 0 Å². The van der Waals surface area contributed by atoms with Crippen LogP contribution in [0, 0.1) is 6.92 Å². The molecule has 1 amide bonds. The van der Waals surface area contributed by atoms with Crippen molar-refractivity contribution in [1.82, 2.24) is 9.88 Å². The SMILES string of the molecule is CC[C@H](c1ccccc1)[C@@H]1CCCN1C(=O)c1ccc(C)nc1. The fraction of sp³-hybridized carbons (Fsp3) is 0.400. The molecule has 3 rings (SSSR count). The van der Waals surface area contributed by atoms with Crippen LogP contribution in [0.2, 0.25) is 0 Å². The Kier molecular flexibility index (Phi) is 4.75. The Balaban J connectivity index is 1.84. The predicted molar refractivity (Wildman–Crippen MR) is 92.5 cm³/mol. The first-order chi connectivity index (χ1) is 11.2. The van der Waals surface area contributed by atoms with Crippen LogP contribution in [0.25, 0.3) is 0 Å². The highest BCUT2D eigenvalue weighted by atomic mass is 16.2. The molecule has 0 radical (unpaired) electrons. The van der Waals surface area contributed by atoms with E-state index >= 15 is 0 Å². The first-order valence-corrected chi connectivity index (χ1v) is 8.49. The van der Waals surface area contributed by atoms with Crippen LogP contribution in [-0.2, 0) is 0 Å². The van der Waals surface area contributed by atoms with Crippen molar-refractivity contribution in [3.8, 4) is 0 Å². The van der Waals surface area contributed by atoms with E-state index in [1.165, 1.54) is 5.56 Å². The highest BCUT2D eigenvalue weighted by molar-refractivity contribution is 5.94. The summed E-state index contributed by atoms with van der Waals surface area (Å²) in [5.41, 5.74) is 2.97. The van der Waals surface area contributed by atoms with Crippen molar-refractivity contribution >= 4 is 5.91 Å². The Morgan fingerprint density at radius 2 is 2.04 bits per heavy atom. The Morgan fingerprint density at radius 3 is 2.70 bits per heavy atom. The molecule has 23 heavy (non-hydrogen) atoms. The van der Waals surface area contributed by atoms with Gasteiger partial charge in [-0.25, -0.2) is 0 Å². The molecule has 0 saturated carbocycles. The molecule has 2 atom stereocenters. The van der Waals surface area contributed by atoms with Crippen LogP contribution < -0.4 is 0 Å². The first kappa shape index (κ1) is 15.7. The quantitative estimate of drug-likeness (QED) is 0.848. The molecule has 1 fully saturated rings. The highest BCUT2D eigenvalue weighted by Crippen LogP contribution is 2.34. The standard InChI is InChI=1S/C20H24N2O/c1-3-18(16-8-5-4-6-9-16)19-10-7-13-22(19)20(23)17-12-11-15(2)21-14-17/h4-6,8-9,11-12,14,18-19H,3,7,10,13H2,1-2H3/t18-,19+/m1/s1. The lowest BCUT2D eigenvalue weighted by Crippen LogP contribution is -2.39. The van der Waals surface area contributed by atoms with Crippen LogP contribution >= 0.6 is 0 Å². The molecule has 3 nitrogen and oxygen atoms in total. The lowest BCUT2D eigenvalue weighted by Gasteiger charge is -2.31. The van der Waals surface area contributed by atoms with Crippen molar-refractivity contribution in [3.05, 3.63) is 65.5 Å². The van der Waals surface area contributed by atoms with E-state index in [4.69, 9.17) is 0 Å². The van der Waals surface area contributed by atoms with Gasteiger partial charge in [0.05, 0.1) is 5.56 Å². The van der Waals surface area contributed by atoms with Crippen LogP contribution in [-0.4, -0.2) is 28.4 Å². The van der Waals surface area contributed by atoms with Gasteiger partial charge in [-0.1, -0.05) is 37.3 Å². The maximum absolute atomic E-state index is 12.9. The normalized spacial score (nSPS) is 18.9. The van der Waals surface area contributed by atoms with Gasteiger partial charge in [-0.3, -0.25) is 9.78 Å². The predicted octanol–water partition coefficient (Wildman–Crippen LogP) is 4.19. The van der Waals surface area contributed by atoms with E-state index in [1.54, 1.807) is 6.20 Å². The molecule has 0 aliphatic carbocycles. The van der Waals surface area contributed by atoms with Crippen molar-refractivity contribution in [2.75, 3.05) is 6.54 Å². The number of benzene rings is 1. The molecule has 2 aromatic rings. The molecule has 0 bridgehead atoms. The number of aryl methyl sites for hydroxylation is 1. The molecule has 1 aliphatic rings. The number of carbonyl (C=O) groups excluding carboxylic acids is 1. The second kappa shape index (κ2) is 6.95. The summed E-state index contributed by atoms with van der Waals surface area (Å²) in [5.74, 6) is 0.524. The Bertz CT molecular complexity index is 651. The average molecular weight is 308 g/mol. The molecule has 120 valence electrons. The zero-order valence-corrected chi connectivity index (χ0v) is 13.9. The molecule has 0 unspecified atom stereocenters. The van der Waals surface area contributed by atoms with Crippen molar-refractivity contribution < 1.29 is 4.79 Å². The number of pyridine rings is 1. The molecule has 0 spiro atoms. The largest absolute Gasteiger partial charge is 0.335 e. The zero-order chi connectivity index (χ0) is 16.2. The minimum Gasteiger partial charge on any atom is -0.335 e. The van der Waals surface area contributed by atoms with Crippen molar-refractivity contribution in [2.24, 2.45) is 0 Å². The number of aromatic nitrogens is 1. The molecular formula is C20H24N2O. The highest BCUT2D eigenvalue weighted by Gasteiger charge is 2.35. The van der Waals surface area contributed by atoms with Crippen molar-refractivity contribution in [3.63, 3.8) is 0 Å². The Hall–Kier alpha value is -2.16. The summed E-state index contributed by atoms with van der Waals surface area (Å²) in [6.45, 7) is 5.00. The number of carbonyl (C=O) groups is 1. The number of likely N-dealkylation sites (tertiary alicyclic amines) is 1. The van der Waals surface area contributed by atoms with Gasteiger partial charge in [-0.15, -0.1) is 0 Å². The average Bonchev–Trinajstić information content (AvgIpc) is 3.06. The van der Waals surface area contributed by atoms with Crippen molar-refractivity contribution in [2.45, 2.75) is 45.1 Å². The van der Waals surface area contributed by atoms with Gasteiger partial charge in [-0.05, 0) is 43.9 Å². The van der Waals surface area contributed by atoms with E-state index in [9.17, 15) is 4.79 Å².